The monoisotopic (exact) mass is 291 g/mol. The van der Waals surface area contributed by atoms with Crippen LogP contribution in [0.25, 0.3) is 0 Å². The minimum absolute atomic E-state index is 0.0844. The van der Waals surface area contributed by atoms with Crippen LogP contribution in [-0.4, -0.2) is 19.0 Å². The van der Waals surface area contributed by atoms with E-state index in [2.05, 4.69) is 5.32 Å². The molecule has 1 atom stereocenters. The van der Waals surface area contributed by atoms with Gasteiger partial charge < -0.3 is 5.32 Å². The summed E-state index contributed by atoms with van der Waals surface area (Å²) < 4.78 is 37.2. The van der Waals surface area contributed by atoms with Gasteiger partial charge in [0.05, 0.1) is 0 Å². The molecule has 0 radical (unpaired) electrons. The Morgan fingerprint density at radius 1 is 1.26 bits per heavy atom. The molecular weight excluding hydrogens is 271 g/mol. The molecule has 0 aliphatic heterocycles. The van der Waals surface area contributed by atoms with Gasteiger partial charge in [0, 0.05) is 17.4 Å². The van der Waals surface area contributed by atoms with E-state index in [0.29, 0.717) is 0 Å². The first-order chi connectivity index (χ1) is 8.98. The number of hydrogen-bond donors (Lipinski definition) is 1. The molecule has 0 fully saturated rings. The Hall–Kier alpha value is -0.680. The first kappa shape index (κ1) is 16.4. The van der Waals surface area contributed by atoms with Crippen LogP contribution in [0.2, 0.25) is 0 Å². The average molecular weight is 291 g/mol. The van der Waals surface area contributed by atoms with E-state index in [1.807, 2.05) is 37.4 Å². The molecule has 0 aromatic heterocycles. The lowest BCUT2D eigenvalue weighted by atomic mass is 10.0. The van der Waals surface area contributed by atoms with Crippen molar-refractivity contribution in [1.29, 1.82) is 0 Å². The molecule has 0 spiro atoms. The van der Waals surface area contributed by atoms with Crippen LogP contribution in [0.5, 0.6) is 0 Å². The summed E-state index contributed by atoms with van der Waals surface area (Å²) in [6, 6.07) is 7.42. The Balaban J connectivity index is 2.82. The predicted molar refractivity (Wildman–Crippen MR) is 74.5 cm³/mol. The third kappa shape index (κ3) is 5.87. The van der Waals surface area contributed by atoms with Crippen molar-refractivity contribution in [2.75, 3.05) is 12.8 Å². The molecule has 19 heavy (non-hydrogen) atoms. The first-order valence-corrected chi connectivity index (χ1v) is 7.63. The largest absolute Gasteiger partial charge is 0.389 e. The van der Waals surface area contributed by atoms with Crippen LogP contribution in [0.15, 0.2) is 29.2 Å². The van der Waals surface area contributed by atoms with Gasteiger partial charge in [-0.2, -0.15) is 13.2 Å². The predicted octanol–water partition coefficient (Wildman–Crippen LogP) is 4.79. The highest BCUT2D eigenvalue weighted by Crippen LogP contribution is 2.32. The van der Waals surface area contributed by atoms with E-state index in [1.54, 1.807) is 11.8 Å². The fourth-order valence-corrected chi connectivity index (χ4v) is 2.61. The lowest BCUT2D eigenvalue weighted by Crippen LogP contribution is -2.24. The summed E-state index contributed by atoms with van der Waals surface area (Å²) in [4.78, 5) is 1.04. The smallest absolute Gasteiger partial charge is 0.310 e. The van der Waals surface area contributed by atoms with Crippen molar-refractivity contribution in [2.45, 2.75) is 43.3 Å². The zero-order chi connectivity index (χ0) is 14.3. The number of hydrogen-bond acceptors (Lipinski definition) is 2. The highest BCUT2D eigenvalue weighted by Gasteiger charge is 2.29. The molecule has 0 amide bonds. The van der Waals surface area contributed by atoms with E-state index in [0.717, 1.165) is 23.4 Å². The highest BCUT2D eigenvalue weighted by atomic mass is 32.2. The minimum Gasteiger partial charge on any atom is -0.310 e. The molecule has 0 saturated carbocycles. The topological polar surface area (TPSA) is 12.0 Å². The SMILES string of the molecule is CCCNC(CCC(F)(F)F)c1ccccc1SC. The van der Waals surface area contributed by atoms with Crippen LogP contribution in [-0.2, 0) is 0 Å². The van der Waals surface area contributed by atoms with Gasteiger partial charge >= 0.3 is 6.18 Å². The second-order valence-corrected chi connectivity index (χ2v) is 5.25. The van der Waals surface area contributed by atoms with Crippen molar-refractivity contribution < 1.29 is 13.2 Å². The summed E-state index contributed by atoms with van der Waals surface area (Å²) in [6.07, 6.45) is -1.91. The van der Waals surface area contributed by atoms with E-state index in [-0.39, 0.29) is 12.5 Å². The second-order valence-electron chi connectivity index (χ2n) is 4.40. The van der Waals surface area contributed by atoms with Crippen molar-refractivity contribution in [3.05, 3.63) is 29.8 Å². The van der Waals surface area contributed by atoms with Crippen LogP contribution in [0, 0.1) is 0 Å². The van der Waals surface area contributed by atoms with Gasteiger partial charge in [-0.1, -0.05) is 25.1 Å². The van der Waals surface area contributed by atoms with Gasteiger partial charge in [-0.15, -0.1) is 11.8 Å². The third-order valence-electron chi connectivity index (χ3n) is 2.87. The standard InChI is InChI=1S/C14H20F3NS/c1-3-10-18-12(8-9-14(15,16)17)11-6-4-5-7-13(11)19-2/h4-7,12,18H,3,8-10H2,1-2H3. The van der Waals surface area contributed by atoms with Crippen molar-refractivity contribution in [3.63, 3.8) is 0 Å². The summed E-state index contributed by atoms with van der Waals surface area (Å²) >= 11 is 1.57. The lowest BCUT2D eigenvalue weighted by Gasteiger charge is -2.22. The van der Waals surface area contributed by atoms with E-state index in [9.17, 15) is 13.2 Å². The quantitative estimate of drug-likeness (QED) is 0.725. The molecule has 5 heteroatoms. The molecule has 0 saturated heterocycles. The fourth-order valence-electron chi connectivity index (χ4n) is 1.95. The normalized spacial score (nSPS) is 13.5. The molecule has 108 valence electrons. The summed E-state index contributed by atoms with van der Waals surface area (Å²) in [5, 5.41) is 3.22. The molecule has 0 aliphatic carbocycles. The van der Waals surface area contributed by atoms with E-state index < -0.39 is 12.6 Å². The molecule has 1 rings (SSSR count). The average Bonchev–Trinajstić information content (AvgIpc) is 2.38. The van der Waals surface area contributed by atoms with Gasteiger partial charge in [-0.25, -0.2) is 0 Å². The van der Waals surface area contributed by atoms with Crippen LogP contribution >= 0.6 is 11.8 Å². The number of halogens is 3. The summed E-state index contributed by atoms with van der Waals surface area (Å²) in [5.74, 6) is 0. The Bertz CT molecular complexity index is 379. The molecule has 1 unspecified atom stereocenters. The highest BCUT2D eigenvalue weighted by molar-refractivity contribution is 7.98. The number of thioether (sulfide) groups is 1. The number of nitrogens with one attached hydrogen (secondary N) is 1. The molecule has 1 N–H and O–H groups in total. The van der Waals surface area contributed by atoms with Gasteiger partial charge in [0.25, 0.3) is 0 Å². The molecule has 1 nitrogen and oxygen atoms in total. The molecule has 1 aromatic carbocycles. The van der Waals surface area contributed by atoms with E-state index >= 15 is 0 Å². The lowest BCUT2D eigenvalue weighted by molar-refractivity contribution is -0.136. The summed E-state index contributed by atoms with van der Waals surface area (Å²) in [7, 11) is 0. The van der Waals surface area contributed by atoms with Crippen LogP contribution in [0.4, 0.5) is 13.2 Å². The summed E-state index contributed by atoms with van der Waals surface area (Å²) in [5.41, 5.74) is 0.965. The number of alkyl halides is 3. The maximum Gasteiger partial charge on any atom is 0.389 e. The van der Waals surface area contributed by atoms with Crippen LogP contribution in [0.1, 0.15) is 37.8 Å². The van der Waals surface area contributed by atoms with Crippen molar-refractivity contribution in [3.8, 4) is 0 Å². The Labute approximate surface area is 117 Å². The second kappa shape index (κ2) is 7.80. The summed E-state index contributed by atoms with van der Waals surface area (Å²) in [6.45, 7) is 2.74. The third-order valence-corrected chi connectivity index (χ3v) is 3.68. The van der Waals surface area contributed by atoms with E-state index in [4.69, 9.17) is 0 Å². The Morgan fingerprint density at radius 3 is 2.53 bits per heavy atom. The van der Waals surface area contributed by atoms with Crippen molar-refractivity contribution in [2.24, 2.45) is 0 Å². The van der Waals surface area contributed by atoms with Gasteiger partial charge in [0.1, 0.15) is 0 Å². The fraction of sp³-hybridized carbons (Fsp3) is 0.571. The maximum atomic E-state index is 12.4. The first-order valence-electron chi connectivity index (χ1n) is 6.41. The van der Waals surface area contributed by atoms with Gasteiger partial charge in [-0.3, -0.25) is 0 Å². The molecular formula is C14H20F3NS. The molecule has 0 bridgehead atoms. The van der Waals surface area contributed by atoms with Crippen molar-refractivity contribution >= 4 is 11.8 Å². The zero-order valence-electron chi connectivity index (χ0n) is 11.3. The Morgan fingerprint density at radius 2 is 1.95 bits per heavy atom. The number of rotatable bonds is 7. The minimum atomic E-state index is -4.10. The maximum absolute atomic E-state index is 12.4. The van der Waals surface area contributed by atoms with E-state index in [1.165, 1.54) is 0 Å². The Kier molecular flexibility index (Phi) is 6.72. The molecule has 0 heterocycles. The molecule has 0 aliphatic rings. The van der Waals surface area contributed by atoms with Crippen LogP contribution in [0.3, 0.4) is 0 Å². The van der Waals surface area contributed by atoms with Gasteiger partial charge in [0.2, 0.25) is 0 Å². The van der Waals surface area contributed by atoms with Crippen LogP contribution < -0.4 is 5.32 Å². The van der Waals surface area contributed by atoms with Crippen molar-refractivity contribution in [1.82, 2.24) is 5.32 Å². The number of benzene rings is 1. The zero-order valence-corrected chi connectivity index (χ0v) is 12.1. The van der Waals surface area contributed by atoms with Gasteiger partial charge in [-0.05, 0) is 37.3 Å². The molecule has 1 aromatic rings. The van der Waals surface area contributed by atoms with Gasteiger partial charge in [0.15, 0.2) is 0 Å².